The van der Waals surface area contributed by atoms with E-state index in [1.54, 1.807) is 30.3 Å². The zero-order valence-electron chi connectivity index (χ0n) is 17.6. The summed E-state index contributed by atoms with van der Waals surface area (Å²) >= 11 is 0. The summed E-state index contributed by atoms with van der Waals surface area (Å²) < 4.78 is 28.5. The van der Waals surface area contributed by atoms with Crippen molar-refractivity contribution >= 4 is 30.8 Å². The normalized spacial score (nSPS) is 25.2. The minimum absolute atomic E-state index is 0.117. The van der Waals surface area contributed by atoms with Crippen LogP contribution in [-0.4, -0.2) is 65.5 Å². The van der Waals surface area contributed by atoms with Crippen LogP contribution in [-0.2, 0) is 23.1 Å². The number of rotatable bonds is 8. The van der Waals surface area contributed by atoms with Crippen molar-refractivity contribution in [2.24, 2.45) is 5.73 Å². The Labute approximate surface area is 192 Å². The number of benzene rings is 1. The van der Waals surface area contributed by atoms with Gasteiger partial charge in [-0.05, 0) is 5.56 Å². The maximum atomic E-state index is 12.2. The number of nitrogens with zero attached hydrogens (tertiary/aromatic N) is 4. The Bertz CT molecular complexity index is 1210. The second kappa shape index (κ2) is 9.72. The number of carbonyl (C=O) groups is 1. The monoisotopic (exact) mass is 494 g/mol. The van der Waals surface area contributed by atoms with Gasteiger partial charge in [0.1, 0.15) is 30.2 Å². The number of carbonyl (C=O) groups excluding carboxylic acids is 1. The standard InChI is InChI=1S/C19H23N6O8P/c20-11(10-4-2-1-3-5-10)6-13(26)33-34(29,30)31-7-12-15(27)16(28)19(32-12)25-9-24-14-17(21)22-8-23-18(14)25/h1-5,8-9,11-12,15-16,19,27-28H,6-7,20H2,(H,29,30)(H2,21,22,23)/t11-,12-,15-,16-,19-/m1/s1. The average Bonchev–Trinajstić information content (AvgIpc) is 3.35. The zero-order chi connectivity index (χ0) is 24.5. The molecule has 0 saturated carbocycles. The number of hydrogen-bond donors (Lipinski definition) is 5. The van der Waals surface area contributed by atoms with E-state index in [-0.39, 0.29) is 23.4 Å². The third-order valence-corrected chi connectivity index (χ3v) is 6.14. The van der Waals surface area contributed by atoms with Gasteiger partial charge in [-0.15, -0.1) is 0 Å². The van der Waals surface area contributed by atoms with E-state index in [2.05, 4.69) is 19.5 Å². The van der Waals surface area contributed by atoms with Crippen LogP contribution < -0.4 is 11.5 Å². The number of nitrogens with two attached hydrogens (primary N) is 2. The van der Waals surface area contributed by atoms with Gasteiger partial charge in [-0.3, -0.25) is 18.8 Å². The summed E-state index contributed by atoms with van der Waals surface area (Å²) in [5.74, 6) is -0.929. The van der Waals surface area contributed by atoms with E-state index in [0.29, 0.717) is 5.56 Å². The number of ether oxygens (including phenoxy) is 1. The number of aliphatic hydroxyl groups is 2. The Hall–Kier alpha value is -2.97. The zero-order valence-corrected chi connectivity index (χ0v) is 18.5. The van der Waals surface area contributed by atoms with Crippen molar-refractivity contribution in [1.29, 1.82) is 0 Å². The Balaban J connectivity index is 1.35. The van der Waals surface area contributed by atoms with E-state index in [0.717, 1.165) is 0 Å². The van der Waals surface area contributed by atoms with E-state index in [9.17, 15) is 24.5 Å². The Kier molecular flexibility index (Phi) is 6.91. The third-order valence-electron chi connectivity index (χ3n) is 5.23. The molecule has 0 spiro atoms. The van der Waals surface area contributed by atoms with Crippen LogP contribution in [0, 0.1) is 0 Å². The maximum Gasteiger partial charge on any atom is 0.529 e. The summed E-state index contributed by atoms with van der Waals surface area (Å²) in [5, 5.41) is 20.8. The number of nitrogen functional groups attached to an aromatic ring is 1. The molecule has 1 fully saturated rings. The number of aliphatic hydroxyl groups excluding tert-OH is 2. The number of anilines is 1. The molecule has 0 radical (unpaired) electrons. The van der Waals surface area contributed by atoms with Gasteiger partial charge in [0.05, 0.1) is 19.4 Å². The van der Waals surface area contributed by atoms with Gasteiger partial charge in [0.15, 0.2) is 17.7 Å². The van der Waals surface area contributed by atoms with Crippen molar-refractivity contribution in [3.63, 3.8) is 0 Å². The predicted octanol–water partition coefficient (Wildman–Crippen LogP) is -0.222. The first-order valence-electron chi connectivity index (χ1n) is 10.1. The van der Waals surface area contributed by atoms with Crippen LogP contribution in [0.15, 0.2) is 43.0 Å². The molecule has 14 nitrogen and oxygen atoms in total. The molecular weight excluding hydrogens is 471 g/mol. The minimum atomic E-state index is -4.85. The van der Waals surface area contributed by atoms with Crippen molar-refractivity contribution in [1.82, 2.24) is 19.5 Å². The average molecular weight is 494 g/mol. The van der Waals surface area contributed by atoms with Crippen molar-refractivity contribution in [2.45, 2.75) is 37.0 Å². The van der Waals surface area contributed by atoms with Gasteiger partial charge in [0.2, 0.25) is 0 Å². The molecule has 15 heteroatoms. The second-order valence-corrected chi connectivity index (χ2v) is 8.96. The molecule has 1 saturated heterocycles. The fraction of sp³-hybridized carbons (Fsp3) is 0.368. The van der Waals surface area contributed by atoms with Gasteiger partial charge in [0.25, 0.3) is 0 Å². The smallest absolute Gasteiger partial charge is 0.387 e. The quantitative estimate of drug-likeness (QED) is 0.256. The molecule has 1 aliphatic rings. The van der Waals surface area contributed by atoms with Crippen molar-refractivity contribution in [2.75, 3.05) is 12.3 Å². The lowest BCUT2D eigenvalue weighted by Gasteiger charge is -2.18. The van der Waals surface area contributed by atoms with Crippen molar-refractivity contribution in [3.05, 3.63) is 48.5 Å². The van der Waals surface area contributed by atoms with Crippen LogP contribution in [0.5, 0.6) is 0 Å². The molecule has 0 bridgehead atoms. The highest BCUT2D eigenvalue weighted by atomic mass is 31.2. The van der Waals surface area contributed by atoms with E-state index in [4.69, 9.17) is 20.7 Å². The number of phosphoric ester groups is 1. The molecule has 2 aromatic heterocycles. The highest BCUT2D eigenvalue weighted by molar-refractivity contribution is 7.48. The summed E-state index contributed by atoms with van der Waals surface area (Å²) in [6.45, 7) is -0.662. The molecular formula is C19H23N6O8P. The highest BCUT2D eigenvalue weighted by Crippen LogP contribution is 2.45. The molecule has 34 heavy (non-hydrogen) atoms. The van der Waals surface area contributed by atoms with E-state index < -0.39 is 51.0 Å². The molecule has 0 amide bonds. The van der Waals surface area contributed by atoms with Crippen LogP contribution in [0.4, 0.5) is 5.82 Å². The third kappa shape index (κ3) is 5.08. The summed E-state index contributed by atoms with van der Waals surface area (Å²) in [4.78, 5) is 33.9. The van der Waals surface area contributed by atoms with Gasteiger partial charge in [-0.1, -0.05) is 30.3 Å². The Morgan fingerprint density at radius 2 is 1.94 bits per heavy atom. The van der Waals surface area contributed by atoms with Gasteiger partial charge in [-0.25, -0.2) is 19.5 Å². The SMILES string of the molecule is Nc1ncnc2c1ncn2[C@@H]1O[C@H](COP(=O)(O)OC(=O)C[C@@H](N)c2ccccc2)[C@@H](O)[C@H]1O. The lowest BCUT2D eigenvalue weighted by Crippen LogP contribution is -2.33. The van der Waals surface area contributed by atoms with Crippen LogP contribution in [0.25, 0.3) is 11.2 Å². The molecule has 3 heterocycles. The summed E-state index contributed by atoms with van der Waals surface area (Å²) in [5.41, 5.74) is 12.8. The van der Waals surface area contributed by atoms with Crippen molar-refractivity contribution in [3.8, 4) is 0 Å². The first kappa shape index (κ1) is 24.2. The van der Waals surface area contributed by atoms with Crippen LogP contribution >= 0.6 is 7.82 Å². The topological polar surface area (TPSA) is 218 Å². The first-order chi connectivity index (χ1) is 16.2. The number of fused-ring (bicyclic) bond motifs is 1. The first-order valence-corrected chi connectivity index (χ1v) is 11.6. The van der Waals surface area contributed by atoms with Gasteiger partial charge in [0, 0.05) is 6.04 Å². The Morgan fingerprint density at radius 1 is 1.21 bits per heavy atom. The predicted molar refractivity (Wildman–Crippen MR) is 116 cm³/mol. The van der Waals surface area contributed by atoms with Gasteiger partial charge >= 0.3 is 13.8 Å². The van der Waals surface area contributed by atoms with Crippen molar-refractivity contribution < 1.29 is 38.3 Å². The van der Waals surface area contributed by atoms with E-state index in [1.165, 1.54) is 17.2 Å². The molecule has 1 aromatic carbocycles. The second-order valence-electron chi connectivity index (χ2n) is 7.58. The lowest BCUT2D eigenvalue weighted by molar-refractivity contribution is -0.136. The number of phosphoric acid groups is 1. The highest BCUT2D eigenvalue weighted by Gasteiger charge is 2.45. The minimum Gasteiger partial charge on any atom is -0.387 e. The van der Waals surface area contributed by atoms with Crippen LogP contribution in [0.2, 0.25) is 0 Å². The van der Waals surface area contributed by atoms with E-state index in [1.807, 2.05) is 0 Å². The molecule has 1 aliphatic heterocycles. The van der Waals surface area contributed by atoms with Gasteiger partial charge in [-0.2, -0.15) is 0 Å². The fourth-order valence-corrected chi connectivity index (χ4v) is 4.23. The number of imidazole rings is 1. The Morgan fingerprint density at radius 3 is 2.68 bits per heavy atom. The summed E-state index contributed by atoms with van der Waals surface area (Å²) in [6.07, 6.45) is -3.19. The molecule has 182 valence electrons. The lowest BCUT2D eigenvalue weighted by atomic mass is 10.1. The maximum absolute atomic E-state index is 12.2. The summed E-state index contributed by atoms with van der Waals surface area (Å²) in [7, 11) is -4.85. The summed E-state index contributed by atoms with van der Waals surface area (Å²) in [6, 6.07) is 7.93. The van der Waals surface area contributed by atoms with Crippen LogP contribution in [0.3, 0.4) is 0 Å². The van der Waals surface area contributed by atoms with E-state index >= 15 is 0 Å². The molecule has 3 aromatic rings. The molecule has 4 rings (SSSR count). The fourth-order valence-electron chi connectivity index (χ4n) is 3.51. The molecule has 0 aliphatic carbocycles. The molecule has 7 N–H and O–H groups in total. The van der Waals surface area contributed by atoms with Gasteiger partial charge < -0.3 is 30.9 Å². The molecule has 6 atom stereocenters. The molecule has 1 unspecified atom stereocenters. The number of aromatic nitrogens is 4. The van der Waals surface area contributed by atoms with Crippen LogP contribution in [0.1, 0.15) is 24.3 Å². The largest absolute Gasteiger partial charge is 0.529 e. The number of hydrogen-bond acceptors (Lipinski definition) is 12.